The third kappa shape index (κ3) is 5.77. The van der Waals surface area contributed by atoms with Crippen LogP contribution in [0.3, 0.4) is 0 Å². The van der Waals surface area contributed by atoms with Gasteiger partial charge in [-0.2, -0.15) is 0 Å². The second kappa shape index (κ2) is 9.27. The van der Waals surface area contributed by atoms with E-state index >= 15 is 0 Å². The Balaban J connectivity index is 3.20. The van der Waals surface area contributed by atoms with Crippen molar-refractivity contribution in [2.75, 3.05) is 14.2 Å². The zero-order chi connectivity index (χ0) is 20.6. The Morgan fingerprint density at radius 2 is 1.48 bits per heavy atom. The molecule has 0 heterocycles. The zero-order valence-electron chi connectivity index (χ0n) is 15.1. The van der Waals surface area contributed by atoms with Crippen LogP contribution in [0.25, 0.3) is 0 Å². The number of hydrogen-bond acceptors (Lipinski definition) is 9. The van der Waals surface area contributed by atoms with Crippen LogP contribution in [0.2, 0.25) is 0 Å². The molecule has 9 heteroatoms. The SMILES string of the molecule is COC(=O)C=CC(=O)OC(C)(C(=O)OC(C)=O)C(=O)c1ccc(OC)cc1. The summed E-state index contributed by atoms with van der Waals surface area (Å²) in [7, 11) is 2.53. The highest BCUT2D eigenvalue weighted by Gasteiger charge is 2.47. The summed E-state index contributed by atoms with van der Waals surface area (Å²) in [6, 6.07) is 5.61. The Morgan fingerprint density at radius 3 is 1.96 bits per heavy atom. The molecule has 0 spiro atoms. The van der Waals surface area contributed by atoms with Gasteiger partial charge in [0.05, 0.1) is 14.2 Å². The van der Waals surface area contributed by atoms with Crippen molar-refractivity contribution in [1.82, 2.24) is 0 Å². The quantitative estimate of drug-likeness (QED) is 0.225. The van der Waals surface area contributed by atoms with E-state index in [1.54, 1.807) is 0 Å². The molecule has 0 aliphatic rings. The maximum atomic E-state index is 12.8. The summed E-state index contributed by atoms with van der Waals surface area (Å²) >= 11 is 0. The van der Waals surface area contributed by atoms with Gasteiger partial charge in [0.25, 0.3) is 5.60 Å². The van der Waals surface area contributed by atoms with Gasteiger partial charge in [-0.05, 0) is 31.2 Å². The zero-order valence-corrected chi connectivity index (χ0v) is 15.1. The number of carbonyl (C=O) groups excluding carboxylic acids is 5. The highest BCUT2D eigenvalue weighted by Crippen LogP contribution is 2.22. The number of benzene rings is 1. The number of ether oxygens (including phenoxy) is 4. The topological polar surface area (TPSA) is 122 Å². The number of Topliss-reactive ketones (excluding diaryl/α,β-unsaturated/α-hetero) is 1. The van der Waals surface area contributed by atoms with Gasteiger partial charge in [0.15, 0.2) is 0 Å². The number of carbonyl (C=O) groups is 5. The van der Waals surface area contributed by atoms with Gasteiger partial charge in [0.2, 0.25) is 5.78 Å². The number of rotatable bonds is 7. The van der Waals surface area contributed by atoms with Crippen LogP contribution < -0.4 is 4.74 Å². The van der Waals surface area contributed by atoms with E-state index in [1.807, 2.05) is 0 Å². The smallest absolute Gasteiger partial charge is 0.366 e. The Kier molecular flexibility index (Phi) is 7.40. The number of hydrogen-bond donors (Lipinski definition) is 0. The first kappa shape index (κ1) is 21.6. The molecule has 144 valence electrons. The molecule has 0 aliphatic heterocycles. The van der Waals surface area contributed by atoms with E-state index in [-0.39, 0.29) is 5.56 Å². The lowest BCUT2D eigenvalue weighted by molar-refractivity contribution is -0.176. The molecule has 1 atom stereocenters. The average molecular weight is 378 g/mol. The normalized spacial score (nSPS) is 12.6. The van der Waals surface area contributed by atoms with Crippen molar-refractivity contribution in [3.8, 4) is 5.75 Å². The lowest BCUT2D eigenvalue weighted by Crippen LogP contribution is -2.49. The fourth-order valence-electron chi connectivity index (χ4n) is 1.87. The monoisotopic (exact) mass is 378 g/mol. The Hall–Kier alpha value is -3.49. The van der Waals surface area contributed by atoms with Gasteiger partial charge in [-0.25, -0.2) is 14.4 Å². The van der Waals surface area contributed by atoms with Crippen LogP contribution in [0.1, 0.15) is 24.2 Å². The Labute approximate surface area is 154 Å². The Bertz CT molecular complexity index is 777. The molecule has 0 amide bonds. The molecule has 9 nitrogen and oxygen atoms in total. The first-order valence-electron chi connectivity index (χ1n) is 7.54. The van der Waals surface area contributed by atoms with E-state index in [2.05, 4.69) is 9.47 Å². The highest BCUT2D eigenvalue weighted by atomic mass is 16.6. The summed E-state index contributed by atoms with van der Waals surface area (Å²) in [4.78, 5) is 59.1. The summed E-state index contributed by atoms with van der Waals surface area (Å²) in [6.45, 7) is 1.93. The molecule has 0 N–H and O–H groups in total. The van der Waals surface area contributed by atoms with E-state index in [1.165, 1.54) is 31.4 Å². The van der Waals surface area contributed by atoms with Crippen LogP contribution >= 0.6 is 0 Å². The molecule has 0 aliphatic carbocycles. The number of esters is 4. The molecule has 0 radical (unpaired) electrons. The third-order valence-electron chi connectivity index (χ3n) is 3.27. The van der Waals surface area contributed by atoms with Crippen molar-refractivity contribution in [1.29, 1.82) is 0 Å². The third-order valence-corrected chi connectivity index (χ3v) is 3.27. The van der Waals surface area contributed by atoms with Crippen molar-refractivity contribution in [2.24, 2.45) is 0 Å². The van der Waals surface area contributed by atoms with Crippen molar-refractivity contribution >= 4 is 29.7 Å². The minimum Gasteiger partial charge on any atom is -0.497 e. The van der Waals surface area contributed by atoms with Gasteiger partial charge < -0.3 is 18.9 Å². The fraction of sp³-hybridized carbons (Fsp3) is 0.278. The van der Waals surface area contributed by atoms with E-state index in [0.29, 0.717) is 11.8 Å². The van der Waals surface area contributed by atoms with Crippen LogP contribution in [0, 0.1) is 0 Å². The lowest BCUT2D eigenvalue weighted by atomic mass is 9.94. The van der Waals surface area contributed by atoms with Crippen LogP contribution in [-0.2, 0) is 33.4 Å². The molecule has 1 rings (SSSR count). The molecule has 1 unspecified atom stereocenters. The minimum absolute atomic E-state index is 0.00329. The van der Waals surface area contributed by atoms with Crippen LogP contribution in [0.4, 0.5) is 0 Å². The highest BCUT2D eigenvalue weighted by molar-refractivity contribution is 6.17. The van der Waals surface area contributed by atoms with Gasteiger partial charge in [-0.1, -0.05) is 0 Å². The van der Waals surface area contributed by atoms with Crippen LogP contribution in [0.15, 0.2) is 36.4 Å². The average Bonchev–Trinajstić information content (AvgIpc) is 2.64. The van der Waals surface area contributed by atoms with E-state index < -0.39 is 35.3 Å². The minimum atomic E-state index is -2.46. The first-order valence-corrected chi connectivity index (χ1v) is 7.54. The van der Waals surface area contributed by atoms with Gasteiger partial charge >= 0.3 is 23.9 Å². The lowest BCUT2D eigenvalue weighted by Gasteiger charge is -2.24. The van der Waals surface area contributed by atoms with E-state index in [4.69, 9.17) is 9.47 Å². The summed E-state index contributed by atoms with van der Waals surface area (Å²) in [5.41, 5.74) is -2.46. The largest absolute Gasteiger partial charge is 0.497 e. The fourth-order valence-corrected chi connectivity index (χ4v) is 1.87. The summed E-state index contributed by atoms with van der Waals surface area (Å²) in [6.07, 6.45) is 1.42. The van der Waals surface area contributed by atoms with Crippen LogP contribution in [0.5, 0.6) is 5.75 Å². The van der Waals surface area contributed by atoms with Crippen molar-refractivity contribution < 1.29 is 42.9 Å². The van der Waals surface area contributed by atoms with Gasteiger partial charge in [0.1, 0.15) is 5.75 Å². The molecule has 0 saturated carbocycles. The molecule has 0 fully saturated rings. The molecule has 0 saturated heterocycles. The maximum absolute atomic E-state index is 12.8. The van der Waals surface area contributed by atoms with Crippen molar-refractivity contribution in [3.05, 3.63) is 42.0 Å². The Morgan fingerprint density at radius 1 is 0.926 bits per heavy atom. The number of methoxy groups -OCH3 is 2. The standard InChI is InChI=1S/C18H18O9/c1-11(19)26-17(23)18(2,27-15(21)10-9-14(20)25-4)16(22)12-5-7-13(24-3)8-6-12/h5-10H,1-4H3. The second-order valence-corrected chi connectivity index (χ2v) is 5.25. The molecule has 0 bridgehead atoms. The summed E-state index contributed by atoms with van der Waals surface area (Å²) in [5.74, 6) is -4.88. The predicted octanol–water partition coefficient (Wildman–Crippen LogP) is 0.999. The predicted molar refractivity (Wildman–Crippen MR) is 89.8 cm³/mol. The van der Waals surface area contributed by atoms with Gasteiger partial charge in [-0.15, -0.1) is 0 Å². The van der Waals surface area contributed by atoms with Crippen molar-refractivity contribution in [2.45, 2.75) is 19.4 Å². The van der Waals surface area contributed by atoms with E-state index in [9.17, 15) is 24.0 Å². The number of ketones is 1. The summed E-state index contributed by atoms with van der Waals surface area (Å²) < 4.78 is 18.7. The molecular formula is C18H18O9. The van der Waals surface area contributed by atoms with Crippen LogP contribution in [-0.4, -0.2) is 49.5 Å². The van der Waals surface area contributed by atoms with Gasteiger partial charge in [-0.3, -0.25) is 9.59 Å². The van der Waals surface area contributed by atoms with E-state index in [0.717, 1.165) is 27.0 Å². The van der Waals surface area contributed by atoms with Gasteiger partial charge in [0, 0.05) is 24.6 Å². The molecular weight excluding hydrogens is 360 g/mol. The molecule has 1 aromatic rings. The molecule has 27 heavy (non-hydrogen) atoms. The molecule has 1 aromatic carbocycles. The molecule has 0 aromatic heterocycles. The maximum Gasteiger partial charge on any atom is 0.366 e. The first-order chi connectivity index (χ1) is 12.6. The summed E-state index contributed by atoms with van der Waals surface area (Å²) in [5, 5.41) is 0. The second-order valence-electron chi connectivity index (χ2n) is 5.25. The van der Waals surface area contributed by atoms with Crippen molar-refractivity contribution in [3.63, 3.8) is 0 Å².